The highest BCUT2D eigenvalue weighted by Crippen LogP contribution is 2.33. The zero-order valence-corrected chi connectivity index (χ0v) is 14.7. The number of anilines is 1. The summed E-state index contributed by atoms with van der Waals surface area (Å²) < 4.78 is 13.0. The van der Waals surface area contributed by atoms with Gasteiger partial charge in [0.2, 0.25) is 0 Å². The summed E-state index contributed by atoms with van der Waals surface area (Å²) in [5, 5.41) is 20.1. The average molecular weight is 343 g/mol. The number of aromatic nitrogens is 2. The lowest BCUT2D eigenvalue weighted by atomic mass is 10.1. The summed E-state index contributed by atoms with van der Waals surface area (Å²) in [6.07, 6.45) is -1.97. The smallest absolute Gasteiger partial charge is 0.351 e. The van der Waals surface area contributed by atoms with Gasteiger partial charge in [0.15, 0.2) is 14.5 Å². The number of aliphatic hydroxyl groups is 2. The Bertz CT molecular complexity index is 592. The average Bonchev–Trinajstić information content (AvgIpc) is 2.83. The molecule has 23 heavy (non-hydrogen) atoms. The van der Waals surface area contributed by atoms with Crippen LogP contribution >= 0.6 is 0 Å². The molecule has 0 aromatic carbocycles. The van der Waals surface area contributed by atoms with Gasteiger partial charge in [-0.25, -0.2) is 4.79 Å². The maximum atomic E-state index is 12.0. The number of nitrogen functional groups attached to an aromatic ring is 1. The predicted octanol–water partition coefficient (Wildman–Crippen LogP) is 0.0764. The first-order chi connectivity index (χ1) is 10.8. The van der Waals surface area contributed by atoms with Crippen LogP contribution in [0.3, 0.4) is 0 Å². The largest absolute Gasteiger partial charge is 0.409 e. The van der Waals surface area contributed by atoms with E-state index in [0.29, 0.717) is 0 Å². The summed E-state index contributed by atoms with van der Waals surface area (Å²) in [5.41, 5.74) is 4.86. The number of nitrogens with zero attached hydrogens (tertiary/aromatic N) is 2. The minimum absolute atomic E-state index is 0.0993. The molecule has 2 rings (SSSR count). The van der Waals surface area contributed by atoms with E-state index < -0.39 is 38.5 Å². The van der Waals surface area contributed by atoms with E-state index in [2.05, 4.69) is 25.4 Å². The van der Waals surface area contributed by atoms with Gasteiger partial charge in [-0.1, -0.05) is 13.8 Å². The third-order valence-corrected chi connectivity index (χ3v) is 8.36. The molecular formula is C14H25N3O5Si. The maximum absolute atomic E-state index is 12.0. The number of nitrogens with two attached hydrogens (primary N) is 1. The maximum Gasteiger partial charge on any atom is 0.351 e. The molecular weight excluding hydrogens is 318 g/mol. The summed E-state index contributed by atoms with van der Waals surface area (Å²) in [7, 11) is -1.99. The van der Waals surface area contributed by atoms with Crippen LogP contribution in [-0.2, 0) is 9.16 Å². The second kappa shape index (κ2) is 7.10. The molecule has 4 N–H and O–H groups in total. The van der Waals surface area contributed by atoms with Gasteiger partial charge in [-0.15, -0.1) is 0 Å². The minimum Gasteiger partial charge on any atom is -0.409 e. The lowest BCUT2D eigenvalue weighted by Gasteiger charge is -2.31. The van der Waals surface area contributed by atoms with Crippen molar-refractivity contribution in [2.45, 2.75) is 57.0 Å². The fraction of sp³-hybridized carbons (Fsp3) is 0.714. The van der Waals surface area contributed by atoms with Crippen molar-refractivity contribution in [1.29, 1.82) is 0 Å². The van der Waals surface area contributed by atoms with E-state index in [9.17, 15) is 15.0 Å². The molecule has 4 atom stereocenters. The van der Waals surface area contributed by atoms with Crippen molar-refractivity contribution in [2.75, 3.05) is 12.3 Å². The molecule has 1 saturated heterocycles. The normalized spacial score (nSPS) is 28.2. The molecule has 1 aromatic heterocycles. The van der Waals surface area contributed by atoms with Crippen LogP contribution in [0, 0.1) is 0 Å². The first kappa shape index (κ1) is 18.1. The fourth-order valence-corrected chi connectivity index (χ4v) is 4.39. The highest BCUT2D eigenvalue weighted by Gasteiger charge is 2.48. The van der Waals surface area contributed by atoms with Crippen molar-refractivity contribution in [3.05, 3.63) is 22.7 Å². The van der Waals surface area contributed by atoms with Gasteiger partial charge >= 0.3 is 5.69 Å². The molecule has 1 aliphatic rings. The van der Waals surface area contributed by atoms with Crippen molar-refractivity contribution in [2.24, 2.45) is 0 Å². The van der Waals surface area contributed by atoms with Gasteiger partial charge < -0.3 is 25.1 Å². The molecule has 9 heteroatoms. The molecule has 2 heterocycles. The van der Waals surface area contributed by atoms with E-state index in [4.69, 9.17) is 14.9 Å². The molecule has 0 saturated carbocycles. The van der Waals surface area contributed by atoms with E-state index in [1.165, 1.54) is 16.8 Å². The lowest BCUT2D eigenvalue weighted by molar-refractivity contribution is -0.0545. The Morgan fingerprint density at radius 3 is 2.65 bits per heavy atom. The van der Waals surface area contributed by atoms with Gasteiger partial charge in [0.1, 0.15) is 24.1 Å². The van der Waals surface area contributed by atoms with Crippen LogP contribution in [0.5, 0.6) is 0 Å². The van der Waals surface area contributed by atoms with E-state index in [1.54, 1.807) is 0 Å². The Kier molecular flexibility index (Phi) is 5.58. The number of ether oxygens (including phenoxy) is 1. The number of aliphatic hydroxyl groups excluding tert-OH is 2. The zero-order valence-electron chi connectivity index (χ0n) is 13.7. The molecule has 130 valence electrons. The van der Waals surface area contributed by atoms with Crippen LogP contribution in [0.1, 0.15) is 20.1 Å². The van der Waals surface area contributed by atoms with E-state index >= 15 is 0 Å². The molecule has 0 spiro atoms. The zero-order chi connectivity index (χ0) is 17.2. The monoisotopic (exact) mass is 343 g/mol. The minimum atomic E-state index is -1.99. The van der Waals surface area contributed by atoms with E-state index in [1.807, 2.05) is 0 Å². The summed E-state index contributed by atoms with van der Waals surface area (Å²) in [6.45, 7) is 5.89. The summed E-state index contributed by atoms with van der Waals surface area (Å²) in [5.74, 6) is 0.0993. The van der Waals surface area contributed by atoms with Gasteiger partial charge in [0, 0.05) is 6.20 Å². The van der Waals surface area contributed by atoms with Gasteiger partial charge in [0.25, 0.3) is 0 Å². The quantitative estimate of drug-likeness (QED) is 0.625. The van der Waals surface area contributed by atoms with Crippen LogP contribution in [-0.4, -0.2) is 53.0 Å². The molecule has 1 aromatic rings. The third kappa shape index (κ3) is 3.64. The van der Waals surface area contributed by atoms with Crippen molar-refractivity contribution in [1.82, 2.24) is 9.55 Å². The van der Waals surface area contributed by atoms with Crippen LogP contribution in [0.15, 0.2) is 17.1 Å². The topological polar surface area (TPSA) is 120 Å². The standard InChI is InChI=1S/C14H25N3O5Si/c1-4-23(3,5-2)22-12-9(8-18)21-13(11(12)19)17-7-6-10(15)16-14(17)20/h6-7,9,11-13,18-19H,4-5,8H2,1-3H3,(H2,15,16,20). The summed E-state index contributed by atoms with van der Waals surface area (Å²) in [4.78, 5) is 15.6. The van der Waals surface area contributed by atoms with Crippen molar-refractivity contribution < 1.29 is 19.4 Å². The molecule has 1 fully saturated rings. The summed E-state index contributed by atoms with van der Waals surface area (Å²) in [6, 6.07) is 3.23. The van der Waals surface area contributed by atoms with Gasteiger partial charge in [0.05, 0.1) is 6.61 Å². The molecule has 8 nitrogen and oxygen atoms in total. The molecule has 0 radical (unpaired) electrons. The molecule has 0 amide bonds. The van der Waals surface area contributed by atoms with Crippen molar-refractivity contribution in [3.63, 3.8) is 0 Å². The van der Waals surface area contributed by atoms with Crippen LogP contribution in [0.25, 0.3) is 0 Å². The molecule has 0 bridgehead atoms. The van der Waals surface area contributed by atoms with Gasteiger partial charge in [-0.05, 0) is 24.7 Å². The Morgan fingerprint density at radius 2 is 2.13 bits per heavy atom. The number of hydrogen-bond acceptors (Lipinski definition) is 7. The number of hydrogen-bond donors (Lipinski definition) is 3. The molecule has 0 aliphatic carbocycles. The Balaban J connectivity index is 2.27. The predicted molar refractivity (Wildman–Crippen MR) is 87.4 cm³/mol. The summed E-state index contributed by atoms with van der Waals surface area (Å²) >= 11 is 0. The highest BCUT2D eigenvalue weighted by molar-refractivity contribution is 6.72. The lowest BCUT2D eigenvalue weighted by Crippen LogP contribution is -2.46. The Morgan fingerprint density at radius 1 is 1.48 bits per heavy atom. The fourth-order valence-electron chi connectivity index (χ4n) is 2.61. The van der Waals surface area contributed by atoms with E-state index in [-0.39, 0.29) is 12.4 Å². The second-order valence-electron chi connectivity index (χ2n) is 6.02. The highest BCUT2D eigenvalue weighted by atomic mass is 28.4. The first-order valence-corrected chi connectivity index (χ1v) is 10.6. The molecule has 1 aliphatic heterocycles. The van der Waals surface area contributed by atoms with Crippen LogP contribution in [0.2, 0.25) is 18.6 Å². The van der Waals surface area contributed by atoms with Crippen molar-refractivity contribution in [3.8, 4) is 0 Å². The van der Waals surface area contributed by atoms with Crippen LogP contribution < -0.4 is 11.4 Å². The van der Waals surface area contributed by atoms with Gasteiger partial charge in [-0.3, -0.25) is 4.57 Å². The van der Waals surface area contributed by atoms with Crippen LogP contribution in [0.4, 0.5) is 5.82 Å². The number of rotatable bonds is 6. The molecule has 4 unspecified atom stereocenters. The van der Waals surface area contributed by atoms with E-state index in [0.717, 1.165) is 12.1 Å². The Hall–Kier alpha value is -1.26. The second-order valence-corrected chi connectivity index (χ2v) is 10.6. The van der Waals surface area contributed by atoms with Crippen molar-refractivity contribution >= 4 is 14.1 Å². The third-order valence-electron chi connectivity index (χ3n) is 4.53. The Labute approximate surface area is 136 Å². The van der Waals surface area contributed by atoms with Gasteiger partial charge in [-0.2, -0.15) is 4.98 Å². The first-order valence-electron chi connectivity index (χ1n) is 7.82. The SMILES string of the molecule is CC[Si](C)(CC)OC1C(CO)OC(n2ccc(N)nc2=O)C1O.